The lowest BCUT2D eigenvalue weighted by Crippen LogP contribution is -2.67. The van der Waals surface area contributed by atoms with Gasteiger partial charge in [-0.25, -0.2) is 0 Å². The Morgan fingerprint density at radius 2 is 2.38 bits per heavy atom. The van der Waals surface area contributed by atoms with Crippen molar-refractivity contribution >= 4 is 0 Å². The van der Waals surface area contributed by atoms with Crippen LogP contribution >= 0.6 is 0 Å². The molecule has 1 saturated heterocycles. The molecule has 0 aromatic heterocycles. The number of nitrogens with one attached hydrogen (secondary N) is 2. The third kappa shape index (κ3) is 1.58. The van der Waals surface area contributed by atoms with E-state index >= 15 is 0 Å². The van der Waals surface area contributed by atoms with Crippen LogP contribution < -0.4 is 10.6 Å². The maximum atomic E-state index is 3.59. The standard InChI is InChI=1S/C10H19N3/c1-11-10-6-3-2-4-8-13(10)9-5-7-12-10/h4,8,11-12H,2-3,5-7,9H2,1H3. The summed E-state index contributed by atoms with van der Waals surface area (Å²) < 4.78 is 0. The van der Waals surface area contributed by atoms with E-state index in [9.17, 15) is 0 Å². The molecule has 0 spiro atoms. The van der Waals surface area contributed by atoms with Gasteiger partial charge in [-0.2, -0.15) is 0 Å². The van der Waals surface area contributed by atoms with Crippen molar-refractivity contribution in [2.75, 3.05) is 20.1 Å². The molecule has 0 amide bonds. The van der Waals surface area contributed by atoms with Crippen LogP contribution in [0.15, 0.2) is 12.3 Å². The normalized spacial score (nSPS) is 34.1. The smallest absolute Gasteiger partial charge is 0.145 e. The summed E-state index contributed by atoms with van der Waals surface area (Å²) in [5, 5.41) is 7.01. The SMILES string of the molecule is CNC12CCCC=CN1CCCN2. The average Bonchev–Trinajstić information content (AvgIpc) is 2.40. The molecule has 74 valence electrons. The minimum absolute atomic E-state index is 0.0469. The van der Waals surface area contributed by atoms with Gasteiger partial charge in [-0.1, -0.05) is 6.08 Å². The van der Waals surface area contributed by atoms with Crippen molar-refractivity contribution in [3.8, 4) is 0 Å². The molecule has 0 aromatic rings. The quantitative estimate of drug-likeness (QED) is 0.628. The Morgan fingerprint density at radius 3 is 3.23 bits per heavy atom. The van der Waals surface area contributed by atoms with Crippen molar-refractivity contribution in [3.63, 3.8) is 0 Å². The lowest BCUT2D eigenvalue weighted by molar-refractivity contribution is 0.0381. The third-order valence-electron chi connectivity index (χ3n) is 3.09. The van der Waals surface area contributed by atoms with Crippen molar-refractivity contribution in [2.45, 2.75) is 31.5 Å². The number of rotatable bonds is 1. The number of allylic oxidation sites excluding steroid dienone is 1. The predicted octanol–water partition coefficient (Wildman–Crippen LogP) is 0.852. The minimum atomic E-state index is 0.0469. The molecule has 0 saturated carbocycles. The molecule has 3 heteroatoms. The molecule has 2 aliphatic heterocycles. The lowest BCUT2D eigenvalue weighted by Gasteiger charge is -2.47. The van der Waals surface area contributed by atoms with Gasteiger partial charge in [0, 0.05) is 13.1 Å². The van der Waals surface area contributed by atoms with Crippen molar-refractivity contribution in [1.82, 2.24) is 15.5 Å². The summed E-state index contributed by atoms with van der Waals surface area (Å²) in [4.78, 5) is 2.41. The maximum Gasteiger partial charge on any atom is 0.145 e. The van der Waals surface area contributed by atoms with Crippen molar-refractivity contribution in [2.24, 2.45) is 0 Å². The van der Waals surface area contributed by atoms with Gasteiger partial charge in [0.25, 0.3) is 0 Å². The fourth-order valence-corrected chi connectivity index (χ4v) is 2.31. The van der Waals surface area contributed by atoms with Gasteiger partial charge in [-0.3, -0.25) is 10.6 Å². The number of fused-ring (bicyclic) bond motifs is 1. The summed E-state index contributed by atoms with van der Waals surface area (Å²) in [6.07, 6.45) is 9.44. The second-order valence-electron chi connectivity index (χ2n) is 3.86. The number of hydrogen-bond donors (Lipinski definition) is 2. The molecular formula is C10H19N3. The van der Waals surface area contributed by atoms with Crippen LogP contribution in [0, 0.1) is 0 Å². The largest absolute Gasteiger partial charge is 0.348 e. The van der Waals surface area contributed by atoms with Gasteiger partial charge in [0.1, 0.15) is 5.79 Å². The van der Waals surface area contributed by atoms with Crippen LogP contribution in [0.25, 0.3) is 0 Å². The Hall–Kier alpha value is -0.540. The summed E-state index contributed by atoms with van der Waals surface area (Å²) in [6.45, 7) is 2.30. The van der Waals surface area contributed by atoms with Gasteiger partial charge in [0.2, 0.25) is 0 Å². The average molecular weight is 181 g/mol. The lowest BCUT2D eigenvalue weighted by atomic mass is 10.1. The zero-order valence-electron chi connectivity index (χ0n) is 8.34. The molecule has 2 aliphatic rings. The fraction of sp³-hybridized carbons (Fsp3) is 0.800. The highest BCUT2D eigenvalue weighted by molar-refractivity contribution is 4.99. The molecule has 1 atom stereocenters. The minimum Gasteiger partial charge on any atom is -0.348 e. The number of hydrogen-bond acceptors (Lipinski definition) is 3. The third-order valence-corrected chi connectivity index (χ3v) is 3.09. The molecule has 3 nitrogen and oxygen atoms in total. The monoisotopic (exact) mass is 181 g/mol. The zero-order valence-corrected chi connectivity index (χ0v) is 8.34. The fourth-order valence-electron chi connectivity index (χ4n) is 2.31. The van der Waals surface area contributed by atoms with E-state index in [0.29, 0.717) is 0 Å². The van der Waals surface area contributed by atoms with Crippen LogP contribution in [-0.2, 0) is 0 Å². The number of nitrogens with zero attached hydrogens (tertiary/aromatic N) is 1. The summed E-state index contributed by atoms with van der Waals surface area (Å²) in [7, 11) is 2.05. The first-order valence-electron chi connectivity index (χ1n) is 5.25. The first-order valence-corrected chi connectivity index (χ1v) is 5.25. The highest BCUT2D eigenvalue weighted by atomic mass is 15.4. The van der Waals surface area contributed by atoms with Gasteiger partial charge >= 0.3 is 0 Å². The maximum absolute atomic E-state index is 3.59. The molecule has 0 aliphatic carbocycles. The van der Waals surface area contributed by atoms with E-state index in [1.165, 1.54) is 32.2 Å². The molecule has 1 unspecified atom stereocenters. The topological polar surface area (TPSA) is 27.3 Å². The van der Waals surface area contributed by atoms with E-state index < -0.39 is 0 Å². The van der Waals surface area contributed by atoms with Crippen molar-refractivity contribution in [1.29, 1.82) is 0 Å². The van der Waals surface area contributed by atoms with Gasteiger partial charge in [0.15, 0.2) is 0 Å². The molecule has 0 bridgehead atoms. The Morgan fingerprint density at radius 1 is 1.46 bits per heavy atom. The summed E-state index contributed by atoms with van der Waals surface area (Å²) >= 11 is 0. The summed E-state index contributed by atoms with van der Waals surface area (Å²) in [5.41, 5.74) is 0. The Kier molecular flexibility index (Phi) is 2.56. The van der Waals surface area contributed by atoms with Crippen LogP contribution in [-0.4, -0.2) is 30.8 Å². The molecule has 2 heterocycles. The van der Waals surface area contributed by atoms with Crippen molar-refractivity contribution < 1.29 is 0 Å². The van der Waals surface area contributed by atoms with E-state index in [4.69, 9.17) is 0 Å². The van der Waals surface area contributed by atoms with E-state index in [2.05, 4.69) is 27.8 Å². The molecule has 2 rings (SSSR count). The molecular weight excluding hydrogens is 162 g/mol. The van der Waals surface area contributed by atoms with Crippen LogP contribution in [0.5, 0.6) is 0 Å². The first-order chi connectivity index (χ1) is 6.37. The van der Waals surface area contributed by atoms with Gasteiger partial charge in [0.05, 0.1) is 0 Å². The Labute approximate surface area is 80.2 Å². The van der Waals surface area contributed by atoms with E-state index in [1.54, 1.807) is 0 Å². The van der Waals surface area contributed by atoms with Crippen molar-refractivity contribution in [3.05, 3.63) is 12.3 Å². The van der Waals surface area contributed by atoms with Crippen LogP contribution in [0.4, 0.5) is 0 Å². The molecule has 0 aromatic carbocycles. The highest BCUT2D eigenvalue weighted by Crippen LogP contribution is 2.23. The van der Waals surface area contributed by atoms with Gasteiger partial charge < -0.3 is 4.90 Å². The van der Waals surface area contributed by atoms with E-state index in [-0.39, 0.29) is 5.79 Å². The summed E-state index contributed by atoms with van der Waals surface area (Å²) in [6, 6.07) is 0. The van der Waals surface area contributed by atoms with Gasteiger partial charge in [-0.15, -0.1) is 0 Å². The Bertz CT molecular complexity index is 202. The molecule has 1 fully saturated rings. The predicted molar refractivity (Wildman–Crippen MR) is 54.1 cm³/mol. The highest BCUT2D eigenvalue weighted by Gasteiger charge is 2.35. The molecule has 2 N–H and O–H groups in total. The summed E-state index contributed by atoms with van der Waals surface area (Å²) in [5.74, 6) is 0.0469. The second-order valence-corrected chi connectivity index (χ2v) is 3.86. The molecule has 13 heavy (non-hydrogen) atoms. The van der Waals surface area contributed by atoms with E-state index in [1.807, 2.05) is 7.05 Å². The van der Waals surface area contributed by atoms with Crippen LogP contribution in [0.3, 0.4) is 0 Å². The molecule has 0 radical (unpaired) electrons. The second kappa shape index (κ2) is 3.68. The van der Waals surface area contributed by atoms with Gasteiger partial charge in [-0.05, 0) is 38.9 Å². The van der Waals surface area contributed by atoms with Crippen LogP contribution in [0.1, 0.15) is 25.7 Å². The van der Waals surface area contributed by atoms with Crippen LogP contribution in [0.2, 0.25) is 0 Å². The first kappa shape index (κ1) is 9.03. The zero-order chi connectivity index (χ0) is 9.15. The Balaban J connectivity index is 2.18. The van der Waals surface area contributed by atoms with E-state index in [0.717, 1.165) is 6.54 Å².